The summed E-state index contributed by atoms with van der Waals surface area (Å²) >= 11 is 0. The van der Waals surface area contributed by atoms with E-state index < -0.39 is 5.97 Å². The number of anilines is 1. The molecule has 0 heterocycles. The van der Waals surface area contributed by atoms with Crippen LogP contribution in [0.2, 0.25) is 0 Å². The largest absolute Gasteiger partial charge is 0.481 e. The molecule has 1 aromatic carbocycles. The summed E-state index contributed by atoms with van der Waals surface area (Å²) in [6, 6.07) is 9.43. The maximum Gasteiger partial charge on any atom is 0.303 e. The predicted molar refractivity (Wildman–Crippen MR) is 65.9 cm³/mol. The summed E-state index contributed by atoms with van der Waals surface area (Å²) in [5.74, 6) is -0.744. The second-order valence-electron chi connectivity index (χ2n) is 3.93. The van der Waals surface area contributed by atoms with Crippen LogP contribution in [-0.2, 0) is 4.79 Å². The molecule has 1 rings (SSSR count). The number of carbonyl (C=O) groups is 1. The van der Waals surface area contributed by atoms with Gasteiger partial charge in [0.2, 0.25) is 0 Å². The van der Waals surface area contributed by atoms with Gasteiger partial charge in [-0.2, -0.15) is 5.26 Å². The number of nitrogens with zero attached hydrogens (tertiary/aromatic N) is 2. The zero-order valence-electron chi connectivity index (χ0n) is 9.89. The number of benzene rings is 1. The molecule has 4 heteroatoms. The van der Waals surface area contributed by atoms with Crippen molar-refractivity contribution in [3.63, 3.8) is 0 Å². The van der Waals surface area contributed by atoms with Crippen LogP contribution >= 0.6 is 0 Å². The summed E-state index contributed by atoms with van der Waals surface area (Å²) < 4.78 is 0. The Morgan fingerprint density at radius 1 is 1.35 bits per heavy atom. The minimum absolute atomic E-state index is 0.223. The summed E-state index contributed by atoms with van der Waals surface area (Å²) in [4.78, 5) is 12.4. The SMILES string of the molecule is CN(CCCCC(=O)O)c1ccc(C#N)cc1. The molecule has 0 aliphatic rings. The lowest BCUT2D eigenvalue weighted by Crippen LogP contribution is -2.18. The minimum atomic E-state index is -0.744. The number of hydrogen-bond donors (Lipinski definition) is 1. The lowest BCUT2D eigenvalue weighted by Gasteiger charge is -2.18. The van der Waals surface area contributed by atoms with Crippen LogP contribution in [0.5, 0.6) is 0 Å². The van der Waals surface area contributed by atoms with Crippen molar-refractivity contribution in [2.45, 2.75) is 19.3 Å². The van der Waals surface area contributed by atoms with Crippen molar-refractivity contribution in [1.29, 1.82) is 5.26 Å². The van der Waals surface area contributed by atoms with Crippen molar-refractivity contribution in [2.24, 2.45) is 0 Å². The molecular formula is C13H16N2O2. The van der Waals surface area contributed by atoms with Crippen molar-refractivity contribution >= 4 is 11.7 Å². The molecule has 0 spiro atoms. The molecular weight excluding hydrogens is 216 g/mol. The van der Waals surface area contributed by atoms with Crippen molar-refractivity contribution in [3.8, 4) is 6.07 Å². The second-order valence-corrected chi connectivity index (χ2v) is 3.93. The second kappa shape index (κ2) is 6.54. The van der Waals surface area contributed by atoms with Gasteiger partial charge in [0.1, 0.15) is 0 Å². The lowest BCUT2D eigenvalue weighted by atomic mass is 10.2. The summed E-state index contributed by atoms with van der Waals surface area (Å²) in [6.07, 6.45) is 1.76. The normalized spacial score (nSPS) is 9.65. The van der Waals surface area contributed by atoms with Gasteiger partial charge in [-0.3, -0.25) is 4.79 Å². The molecule has 0 amide bonds. The summed E-state index contributed by atoms with van der Waals surface area (Å²) in [5, 5.41) is 17.2. The van der Waals surface area contributed by atoms with Crippen LogP contribution in [0.1, 0.15) is 24.8 Å². The van der Waals surface area contributed by atoms with Gasteiger partial charge >= 0.3 is 5.97 Å². The average molecular weight is 232 g/mol. The van der Waals surface area contributed by atoms with Gasteiger partial charge < -0.3 is 10.0 Å². The quantitative estimate of drug-likeness (QED) is 0.764. The Morgan fingerprint density at radius 3 is 2.53 bits per heavy atom. The third kappa shape index (κ3) is 4.56. The molecule has 0 aromatic heterocycles. The molecule has 1 aromatic rings. The van der Waals surface area contributed by atoms with Gasteiger partial charge in [0.05, 0.1) is 11.6 Å². The molecule has 4 nitrogen and oxygen atoms in total. The number of unbranched alkanes of at least 4 members (excludes halogenated alkanes) is 1. The minimum Gasteiger partial charge on any atom is -0.481 e. The van der Waals surface area contributed by atoms with E-state index in [4.69, 9.17) is 10.4 Å². The highest BCUT2D eigenvalue weighted by Gasteiger charge is 2.02. The van der Waals surface area contributed by atoms with Gasteiger partial charge in [-0.25, -0.2) is 0 Å². The number of aliphatic carboxylic acids is 1. The Bertz CT molecular complexity index is 406. The maximum absolute atomic E-state index is 10.3. The van der Waals surface area contributed by atoms with Crippen LogP contribution in [0.3, 0.4) is 0 Å². The molecule has 1 N–H and O–H groups in total. The number of rotatable bonds is 6. The topological polar surface area (TPSA) is 64.3 Å². The number of carboxylic acids is 1. The first kappa shape index (κ1) is 13.0. The van der Waals surface area contributed by atoms with E-state index in [1.54, 1.807) is 12.1 Å². The highest BCUT2D eigenvalue weighted by Crippen LogP contribution is 2.14. The van der Waals surface area contributed by atoms with Crippen molar-refractivity contribution in [3.05, 3.63) is 29.8 Å². The molecule has 0 atom stereocenters. The smallest absolute Gasteiger partial charge is 0.303 e. The molecule has 0 aliphatic carbocycles. The first-order valence-corrected chi connectivity index (χ1v) is 5.56. The van der Waals surface area contributed by atoms with E-state index in [1.807, 2.05) is 19.2 Å². The van der Waals surface area contributed by atoms with Crippen LogP contribution in [-0.4, -0.2) is 24.7 Å². The van der Waals surface area contributed by atoms with E-state index >= 15 is 0 Å². The van der Waals surface area contributed by atoms with Crippen LogP contribution in [0.4, 0.5) is 5.69 Å². The molecule has 17 heavy (non-hydrogen) atoms. The maximum atomic E-state index is 10.3. The lowest BCUT2D eigenvalue weighted by molar-refractivity contribution is -0.137. The van der Waals surface area contributed by atoms with E-state index in [0.29, 0.717) is 12.0 Å². The molecule has 0 bridgehead atoms. The molecule has 0 saturated carbocycles. The third-order valence-corrected chi connectivity index (χ3v) is 2.57. The zero-order valence-corrected chi connectivity index (χ0v) is 9.89. The van der Waals surface area contributed by atoms with Gasteiger partial charge in [-0.15, -0.1) is 0 Å². The summed E-state index contributed by atoms with van der Waals surface area (Å²) in [7, 11) is 1.96. The first-order valence-electron chi connectivity index (χ1n) is 5.56. The highest BCUT2D eigenvalue weighted by molar-refractivity contribution is 5.66. The van der Waals surface area contributed by atoms with E-state index in [2.05, 4.69) is 11.0 Å². The van der Waals surface area contributed by atoms with E-state index in [9.17, 15) is 4.79 Å². The first-order chi connectivity index (χ1) is 8.13. The Hall–Kier alpha value is -2.02. The number of hydrogen-bond acceptors (Lipinski definition) is 3. The van der Waals surface area contributed by atoms with Crippen molar-refractivity contribution in [2.75, 3.05) is 18.5 Å². The molecule has 0 fully saturated rings. The van der Waals surface area contributed by atoms with Gasteiger partial charge in [0.25, 0.3) is 0 Å². The summed E-state index contributed by atoms with van der Waals surface area (Å²) in [6.45, 7) is 0.819. The van der Waals surface area contributed by atoms with Gasteiger partial charge in [-0.1, -0.05) is 0 Å². The molecule has 0 aliphatic heterocycles. The Labute approximate surface area is 101 Å². The fourth-order valence-electron chi connectivity index (χ4n) is 1.54. The molecule has 90 valence electrons. The fraction of sp³-hybridized carbons (Fsp3) is 0.385. The van der Waals surface area contributed by atoms with Gasteiger partial charge in [0, 0.05) is 25.7 Å². The molecule has 0 saturated heterocycles. The summed E-state index contributed by atoms with van der Waals surface area (Å²) in [5.41, 5.74) is 1.69. The average Bonchev–Trinajstić information content (AvgIpc) is 2.34. The molecule has 0 radical (unpaired) electrons. The van der Waals surface area contributed by atoms with Crippen LogP contribution < -0.4 is 4.90 Å². The number of carboxylic acid groups (broad SMARTS) is 1. The van der Waals surface area contributed by atoms with Crippen LogP contribution in [0.25, 0.3) is 0 Å². The predicted octanol–water partition coefficient (Wildman–Crippen LogP) is 2.25. The Kier molecular flexibility index (Phi) is 5.02. The van der Waals surface area contributed by atoms with Gasteiger partial charge in [0.15, 0.2) is 0 Å². The van der Waals surface area contributed by atoms with E-state index in [0.717, 1.165) is 18.7 Å². The fourth-order valence-corrected chi connectivity index (χ4v) is 1.54. The standard InChI is InChI=1S/C13H16N2O2/c1-15(9-3-2-4-13(16)17)12-7-5-11(10-14)6-8-12/h5-8H,2-4,9H2,1H3,(H,16,17). The molecule has 0 unspecified atom stereocenters. The monoisotopic (exact) mass is 232 g/mol. The van der Waals surface area contributed by atoms with E-state index in [1.165, 1.54) is 0 Å². The Balaban J connectivity index is 2.39. The van der Waals surface area contributed by atoms with E-state index in [-0.39, 0.29) is 6.42 Å². The number of nitriles is 1. The highest BCUT2D eigenvalue weighted by atomic mass is 16.4. The van der Waals surface area contributed by atoms with Crippen LogP contribution in [0.15, 0.2) is 24.3 Å². The Morgan fingerprint density at radius 2 is 2.00 bits per heavy atom. The van der Waals surface area contributed by atoms with Gasteiger partial charge in [-0.05, 0) is 37.1 Å². The van der Waals surface area contributed by atoms with Crippen LogP contribution in [0, 0.1) is 11.3 Å². The van der Waals surface area contributed by atoms with Crippen molar-refractivity contribution < 1.29 is 9.90 Å². The van der Waals surface area contributed by atoms with Crippen molar-refractivity contribution in [1.82, 2.24) is 0 Å². The third-order valence-electron chi connectivity index (χ3n) is 2.57. The zero-order chi connectivity index (χ0) is 12.7.